The number of benzene rings is 2. The summed E-state index contributed by atoms with van der Waals surface area (Å²) in [4.78, 5) is 28.2. The van der Waals surface area contributed by atoms with Crippen LogP contribution in [0.4, 0.5) is 9.59 Å². The van der Waals surface area contributed by atoms with Crippen LogP contribution in [0.1, 0.15) is 49.9 Å². The van der Waals surface area contributed by atoms with Gasteiger partial charge in [-0.2, -0.15) is 10.2 Å². The Kier molecular flexibility index (Phi) is 11.4. The van der Waals surface area contributed by atoms with Gasteiger partial charge in [0.05, 0.1) is 26.6 Å². The summed E-state index contributed by atoms with van der Waals surface area (Å²) in [5.74, 6) is 3.00. The van der Waals surface area contributed by atoms with Crippen molar-refractivity contribution in [2.24, 2.45) is 10.2 Å². The maximum absolute atomic E-state index is 12.5. The van der Waals surface area contributed by atoms with Crippen molar-refractivity contribution in [3.8, 4) is 34.5 Å². The third-order valence-corrected chi connectivity index (χ3v) is 7.29. The number of ether oxygens (including phenoxy) is 6. The number of likely N-dealkylation sites (N-methyl/N-ethyl adjacent to an activating group) is 2. The first kappa shape index (κ1) is 34.0. The summed E-state index contributed by atoms with van der Waals surface area (Å²) in [7, 11) is 6.58. The van der Waals surface area contributed by atoms with Crippen molar-refractivity contribution in [3.05, 3.63) is 34.4 Å². The van der Waals surface area contributed by atoms with Crippen molar-refractivity contribution < 1.29 is 38.0 Å². The topological polar surface area (TPSA) is 145 Å². The van der Waals surface area contributed by atoms with Crippen LogP contribution in [0.2, 0.25) is 0 Å². The summed E-state index contributed by atoms with van der Waals surface area (Å²) >= 11 is 0. The van der Waals surface area contributed by atoms with Gasteiger partial charge < -0.3 is 48.9 Å². The van der Waals surface area contributed by atoms with Crippen LogP contribution in [0, 0.1) is 0 Å². The highest BCUT2D eigenvalue weighted by atomic mass is 16.7. The van der Waals surface area contributed by atoms with E-state index in [-0.39, 0.29) is 37.7 Å². The molecule has 0 radical (unpaired) electrons. The molecule has 2 aliphatic heterocycles. The lowest BCUT2D eigenvalue weighted by molar-refractivity contribution is 0.171. The molecule has 0 spiro atoms. The lowest BCUT2D eigenvalue weighted by atomic mass is 10.0. The lowest BCUT2D eigenvalue weighted by Gasteiger charge is -2.21. The Hall–Kier alpha value is -4.88. The zero-order valence-electron chi connectivity index (χ0n) is 27.8. The highest BCUT2D eigenvalue weighted by molar-refractivity contribution is 5.91. The largest absolute Gasteiger partial charge is 0.492 e. The SMILES string of the molecule is COc1c(/C=N/N=C/c2c(CCN(C)C(=O)NC(C)C)cc3c(c2OC)OCO3)c(CCN(C)C(=O)NC(C)C)cc2c1OCO2. The molecular weight excluding hydrogens is 596 g/mol. The number of hydrogen-bond donors (Lipinski definition) is 2. The minimum Gasteiger partial charge on any atom is -0.492 e. The number of rotatable bonds is 13. The van der Waals surface area contributed by atoms with Crippen molar-refractivity contribution in [1.29, 1.82) is 0 Å². The predicted octanol–water partition coefficient (Wildman–Crippen LogP) is 3.80. The lowest BCUT2D eigenvalue weighted by Crippen LogP contribution is -2.41. The molecule has 0 saturated carbocycles. The van der Waals surface area contributed by atoms with Gasteiger partial charge in [-0.25, -0.2) is 9.59 Å². The Bertz CT molecular complexity index is 1370. The van der Waals surface area contributed by atoms with E-state index in [0.717, 1.165) is 11.1 Å². The first-order valence-corrected chi connectivity index (χ1v) is 15.1. The van der Waals surface area contributed by atoms with Crippen LogP contribution >= 0.6 is 0 Å². The highest BCUT2D eigenvalue weighted by Crippen LogP contribution is 2.46. The Labute approximate surface area is 269 Å². The number of carbonyl (C=O) groups is 2. The molecule has 46 heavy (non-hydrogen) atoms. The first-order valence-electron chi connectivity index (χ1n) is 15.1. The van der Waals surface area contributed by atoms with Crippen LogP contribution < -0.4 is 39.1 Å². The zero-order valence-corrected chi connectivity index (χ0v) is 27.8. The van der Waals surface area contributed by atoms with E-state index in [1.165, 1.54) is 0 Å². The average Bonchev–Trinajstić information content (AvgIpc) is 3.68. The number of urea groups is 2. The smallest absolute Gasteiger partial charge is 0.317 e. The Morgan fingerprint density at radius 3 is 1.50 bits per heavy atom. The average molecular weight is 641 g/mol. The first-order chi connectivity index (χ1) is 22.0. The van der Waals surface area contributed by atoms with Gasteiger partial charge in [0.15, 0.2) is 23.0 Å². The van der Waals surface area contributed by atoms with Gasteiger partial charge in [0.2, 0.25) is 25.1 Å². The van der Waals surface area contributed by atoms with Crippen molar-refractivity contribution >= 4 is 24.5 Å². The van der Waals surface area contributed by atoms with E-state index < -0.39 is 0 Å². The Morgan fingerprint density at radius 2 is 1.15 bits per heavy atom. The molecule has 0 saturated heterocycles. The number of fused-ring (bicyclic) bond motifs is 2. The van der Waals surface area contributed by atoms with Gasteiger partial charge in [-0.15, -0.1) is 0 Å². The summed E-state index contributed by atoms with van der Waals surface area (Å²) in [5.41, 5.74) is 2.98. The minimum atomic E-state index is -0.164. The molecule has 4 amide bonds. The molecule has 2 N–H and O–H groups in total. The minimum absolute atomic E-state index is 0.0235. The van der Waals surface area contributed by atoms with E-state index in [4.69, 9.17) is 28.4 Å². The highest BCUT2D eigenvalue weighted by Gasteiger charge is 2.26. The quantitative estimate of drug-likeness (QED) is 0.249. The standard InChI is InChI=1S/C32H44N6O8/c1-19(2)35-31(39)37(5)11-9-21-13-25-29(45-17-43-25)27(41-7)23(21)15-33-34-16-24-22(10-12-38(6)32(40)36-20(3)4)14-26-30(28(24)42-8)46-18-44-26/h13-16,19-20H,9-12,17-18H2,1-8H3,(H,35,39)(H,36,40)/b33-15+,34-16+. The summed E-state index contributed by atoms with van der Waals surface area (Å²) in [5, 5.41) is 14.5. The number of amides is 4. The molecule has 250 valence electrons. The third-order valence-electron chi connectivity index (χ3n) is 7.29. The number of nitrogens with one attached hydrogen (secondary N) is 2. The normalized spacial score (nSPS) is 13.2. The monoisotopic (exact) mass is 640 g/mol. The molecule has 2 aliphatic rings. The van der Waals surface area contributed by atoms with Gasteiger partial charge >= 0.3 is 12.1 Å². The van der Waals surface area contributed by atoms with Crippen LogP contribution in [-0.4, -0.2) is 101 Å². The van der Waals surface area contributed by atoms with Crippen molar-refractivity contribution in [2.45, 2.75) is 52.6 Å². The number of nitrogens with zero attached hydrogens (tertiary/aromatic N) is 4. The van der Waals surface area contributed by atoms with Gasteiger partial charge in [0, 0.05) is 50.4 Å². The van der Waals surface area contributed by atoms with Crippen LogP contribution in [-0.2, 0) is 12.8 Å². The maximum Gasteiger partial charge on any atom is 0.317 e. The fourth-order valence-corrected chi connectivity index (χ4v) is 4.93. The molecular formula is C32H44N6O8. The van der Waals surface area contributed by atoms with Crippen LogP contribution in [0.3, 0.4) is 0 Å². The fourth-order valence-electron chi connectivity index (χ4n) is 4.93. The molecule has 0 fully saturated rings. The van der Waals surface area contributed by atoms with Gasteiger partial charge in [-0.1, -0.05) is 0 Å². The van der Waals surface area contributed by atoms with E-state index in [0.29, 0.717) is 71.6 Å². The third kappa shape index (κ3) is 8.03. The molecule has 0 atom stereocenters. The second kappa shape index (κ2) is 15.4. The van der Waals surface area contributed by atoms with Gasteiger partial charge in [-0.3, -0.25) is 0 Å². The molecule has 0 unspecified atom stereocenters. The second-order valence-corrected chi connectivity index (χ2v) is 11.5. The molecule has 4 rings (SSSR count). The van der Waals surface area contributed by atoms with E-state index >= 15 is 0 Å². The molecule has 0 bridgehead atoms. The van der Waals surface area contributed by atoms with Crippen LogP contribution in [0.25, 0.3) is 0 Å². The van der Waals surface area contributed by atoms with Crippen molar-refractivity contribution in [3.63, 3.8) is 0 Å². The van der Waals surface area contributed by atoms with E-state index in [2.05, 4.69) is 20.8 Å². The molecule has 14 nitrogen and oxygen atoms in total. The molecule has 2 heterocycles. The molecule has 0 aliphatic carbocycles. The molecule has 2 aromatic rings. The zero-order chi connectivity index (χ0) is 33.4. The number of hydrogen-bond acceptors (Lipinski definition) is 10. The summed E-state index contributed by atoms with van der Waals surface area (Å²) in [6, 6.07) is 3.46. The van der Waals surface area contributed by atoms with Crippen LogP contribution in [0.15, 0.2) is 22.3 Å². The van der Waals surface area contributed by atoms with Crippen molar-refractivity contribution in [1.82, 2.24) is 20.4 Å². The van der Waals surface area contributed by atoms with E-state index in [1.807, 2.05) is 39.8 Å². The second-order valence-electron chi connectivity index (χ2n) is 11.5. The summed E-state index contributed by atoms with van der Waals surface area (Å²) in [6.07, 6.45) is 4.17. The number of carbonyl (C=O) groups excluding carboxylic acids is 2. The summed E-state index contributed by atoms with van der Waals surface area (Å²) < 4.78 is 34.1. The van der Waals surface area contributed by atoms with Crippen molar-refractivity contribution in [2.75, 3.05) is 55.0 Å². The fraction of sp³-hybridized carbons (Fsp3) is 0.500. The molecule has 2 aromatic carbocycles. The van der Waals surface area contributed by atoms with Gasteiger partial charge in [-0.05, 0) is 63.8 Å². The van der Waals surface area contributed by atoms with E-state index in [9.17, 15) is 9.59 Å². The van der Waals surface area contributed by atoms with Gasteiger partial charge in [0.25, 0.3) is 0 Å². The Balaban J connectivity index is 1.62. The maximum atomic E-state index is 12.5. The Morgan fingerprint density at radius 1 is 0.761 bits per heavy atom. The van der Waals surface area contributed by atoms with Gasteiger partial charge in [0.1, 0.15) is 0 Å². The van der Waals surface area contributed by atoms with Crippen LogP contribution in [0.5, 0.6) is 34.5 Å². The molecule has 0 aromatic heterocycles. The van der Waals surface area contributed by atoms with E-state index in [1.54, 1.807) is 50.5 Å². The summed E-state index contributed by atoms with van der Waals surface area (Å²) in [6.45, 7) is 8.67. The predicted molar refractivity (Wildman–Crippen MR) is 173 cm³/mol. The molecule has 14 heteroatoms. The number of methoxy groups -OCH3 is 2.